The van der Waals surface area contributed by atoms with Gasteiger partial charge in [0, 0.05) is 21.7 Å². The van der Waals surface area contributed by atoms with Gasteiger partial charge < -0.3 is 10.4 Å². The van der Waals surface area contributed by atoms with Crippen LogP contribution in [0.2, 0.25) is 0 Å². The number of halogens is 2. The molecule has 0 spiro atoms. The van der Waals surface area contributed by atoms with E-state index in [1.165, 1.54) is 17.8 Å². The molecule has 0 fully saturated rings. The number of nitrogens with one attached hydrogen (secondary N) is 1. The Kier molecular flexibility index (Phi) is 6.43. The first-order chi connectivity index (χ1) is 9.25. The molecule has 2 N–H and O–H groups in total. The molecule has 0 aliphatic heterocycles. The average Bonchev–Trinajstić information content (AvgIpc) is 2.32. The summed E-state index contributed by atoms with van der Waals surface area (Å²) in [6.45, 7) is 7.91. The summed E-state index contributed by atoms with van der Waals surface area (Å²) in [6, 6.07) is 3.71. The van der Waals surface area contributed by atoms with Crippen molar-refractivity contribution in [2.75, 3.05) is 6.61 Å². The Bertz CT molecular complexity index is 442. The SMILES string of the molecule is CC(C)NC(C)(CO)CC(C)Sc1cc(F)ccc1F. The van der Waals surface area contributed by atoms with Crippen molar-refractivity contribution in [2.24, 2.45) is 0 Å². The minimum Gasteiger partial charge on any atom is -0.394 e. The molecule has 1 aromatic rings. The molecule has 0 amide bonds. The maximum Gasteiger partial charge on any atom is 0.136 e. The van der Waals surface area contributed by atoms with Crippen LogP contribution >= 0.6 is 11.8 Å². The maximum absolute atomic E-state index is 13.6. The fourth-order valence-corrected chi connectivity index (χ4v) is 3.57. The third kappa shape index (κ3) is 5.38. The standard InChI is InChI=1S/C15H23F2NOS/c1-10(2)18-15(4,9-19)8-11(3)20-14-7-12(16)5-6-13(14)17/h5-7,10-11,18-19H,8-9H2,1-4H3. The molecule has 1 rings (SSSR count). The molecular formula is C15H23F2NOS. The van der Waals surface area contributed by atoms with Gasteiger partial charge in [-0.1, -0.05) is 20.8 Å². The van der Waals surface area contributed by atoms with Gasteiger partial charge in [-0.15, -0.1) is 11.8 Å². The Balaban J connectivity index is 2.70. The molecule has 0 bridgehead atoms. The van der Waals surface area contributed by atoms with Gasteiger partial charge >= 0.3 is 0 Å². The van der Waals surface area contributed by atoms with E-state index in [4.69, 9.17) is 0 Å². The van der Waals surface area contributed by atoms with Crippen molar-refractivity contribution in [3.05, 3.63) is 29.8 Å². The summed E-state index contributed by atoms with van der Waals surface area (Å²) < 4.78 is 26.7. The molecular weight excluding hydrogens is 280 g/mol. The summed E-state index contributed by atoms with van der Waals surface area (Å²) in [5.74, 6) is -0.850. The number of hydrogen-bond acceptors (Lipinski definition) is 3. The van der Waals surface area contributed by atoms with Gasteiger partial charge in [0.25, 0.3) is 0 Å². The Hall–Kier alpha value is -0.650. The van der Waals surface area contributed by atoms with Gasteiger partial charge in [0.15, 0.2) is 0 Å². The molecule has 0 heterocycles. The van der Waals surface area contributed by atoms with Crippen molar-refractivity contribution in [3.63, 3.8) is 0 Å². The first-order valence-corrected chi connectivity index (χ1v) is 7.64. The molecule has 0 saturated carbocycles. The van der Waals surface area contributed by atoms with E-state index in [2.05, 4.69) is 5.32 Å². The van der Waals surface area contributed by atoms with Crippen LogP contribution < -0.4 is 5.32 Å². The van der Waals surface area contributed by atoms with Gasteiger partial charge in [0.2, 0.25) is 0 Å². The van der Waals surface area contributed by atoms with Crippen LogP contribution in [0.4, 0.5) is 8.78 Å². The number of benzene rings is 1. The van der Waals surface area contributed by atoms with Crippen molar-refractivity contribution in [1.29, 1.82) is 0 Å². The van der Waals surface area contributed by atoms with E-state index in [0.29, 0.717) is 11.3 Å². The lowest BCUT2D eigenvalue weighted by molar-refractivity contribution is 0.157. The molecule has 0 radical (unpaired) electrons. The fraction of sp³-hybridized carbons (Fsp3) is 0.600. The molecule has 2 unspecified atom stereocenters. The molecule has 20 heavy (non-hydrogen) atoms. The van der Waals surface area contributed by atoms with Crippen LogP contribution in [-0.2, 0) is 0 Å². The highest BCUT2D eigenvalue weighted by Gasteiger charge is 2.27. The molecule has 114 valence electrons. The number of hydrogen-bond donors (Lipinski definition) is 2. The van der Waals surface area contributed by atoms with Crippen LogP contribution in [0.25, 0.3) is 0 Å². The average molecular weight is 303 g/mol. The lowest BCUT2D eigenvalue weighted by atomic mass is 9.96. The summed E-state index contributed by atoms with van der Waals surface area (Å²) in [6.07, 6.45) is 0.655. The van der Waals surface area contributed by atoms with E-state index in [-0.39, 0.29) is 17.9 Å². The monoisotopic (exact) mass is 303 g/mol. The summed E-state index contributed by atoms with van der Waals surface area (Å²) >= 11 is 1.29. The first-order valence-electron chi connectivity index (χ1n) is 6.76. The predicted octanol–water partition coefficient (Wildman–Crippen LogP) is 3.58. The minimum atomic E-state index is -0.439. The van der Waals surface area contributed by atoms with Crippen LogP contribution in [0.1, 0.15) is 34.1 Å². The van der Waals surface area contributed by atoms with Gasteiger partial charge in [-0.3, -0.25) is 0 Å². The molecule has 2 atom stereocenters. The van der Waals surface area contributed by atoms with Crippen molar-refractivity contribution in [1.82, 2.24) is 5.32 Å². The second-order valence-corrected chi connectivity index (χ2v) is 7.21. The van der Waals surface area contributed by atoms with Crippen molar-refractivity contribution < 1.29 is 13.9 Å². The minimum absolute atomic E-state index is 0.00170. The summed E-state index contributed by atoms with van der Waals surface area (Å²) in [5, 5.41) is 12.9. The molecule has 5 heteroatoms. The van der Waals surface area contributed by atoms with Crippen molar-refractivity contribution in [3.8, 4) is 0 Å². The zero-order chi connectivity index (χ0) is 15.3. The van der Waals surface area contributed by atoms with E-state index < -0.39 is 17.2 Å². The van der Waals surface area contributed by atoms with Gasteiger partial charge in [-0.25, -0.2) is 8.78 Å². The molecule has 1 aromatic carbocycles. The van der Waals surface area contributed by atoms with E-state index in [9.17, 15) is 13.9 Å². The van der Waals surface area contributed by atoms with Gasteiger partial charge in [0.05, 0.1) is 6.61 Å². The second-order valence-electron chi connectivity index (χ2n) is 5.73. The lowest BCUT2D eigenvalue weighted by Crippen LogP contribution is -2.50. The topological polar surface area (TPSA) is 32.3 Å². The van der Waals surface area contributed by atoms with Crippen molar-refractivity contribution >= 4 is 11.8 Å². The lowest BCUT2D eigenvalue weighted by Gasteiger charge is -2.33. The number of thioether (sulfide) groups is 1. The molecule has 0 saturated heterocycles. The molecule has 0 aliphatic carbocycles. The van der Waals surface area contributed by atoms with E-state index in [1.807, 2.05) is 27.7 Å². The Labute approximate surface area is 124 Å². The van der Waals surface area contributed by atoms with E-state index in [0.717, 1.165) is 12.1 Å². The van der Waals surface area contributed by atoms with Gasteiger partial charge in [0.1, 0.15) is 11.6 Å². The quantitative estimate of drug-likeness (QED) is 0.755. The van der Waals surface area contributed by atoms with Crippen LogP contribution in [0.5, 0.6) is 0 Å². The third-order valence-electron chi connectivity index (χ3n) is 2.95. The van der Waals surface area contributed by atoms with Crippen LogP contribution in [0.3, 0.4) is 0 Å². The Morgan fingerprint density at radius 1 is 1.30 bits per heavy atom. The van der Waals surface area contributed by atoms with Crippen LogP contribution in [0.15, 0.2) is 23.1 Å². The summed E-state index contributed by atoms with van der Waals surface area (Å²) in [4.78, 5) is 0.308. The zero-order valence-corrected chi connectivity index (χ0v) is 13.2. The summed E-state index contributed by atoms with van der Waals surface area (Å²) in [7, 11) is 0. The molecule has 0 aromatic heterocycles. The maximum atomic E-state index is 13.6. The normalized spacial score (nSPS) is 16.2. The summed E-state index contributed by atoms with van der Waals surface area (Å²) in [5.41, 5.74) is -0.426. The Morgan fingerprint density at radius 3 is 2.50 bits per heavy atom. The highest BCUT2D eigenvalue weighted by atomic mass is 32.2. The van der Waals surface area contributed by atoms with E-state index in [1.54, 1.807) is 0 Å². The Morgan fingerprint density at radius 2 is 1.95 bits per heavy atom. The van der Waals surface area contributed by atoms with Gasteiger partial charge in [-0.05, 0) is 31.5 Å². The van der Waals surface area contributed by atoms with Crippen molar-refractivity contribution in [2.45, 2.75) is 55.8 Å². The second kappa shape index (κ2) is 7.38. The fourth-order valence-electron chi connectivity index (χ4n) is 2.33. The number of aliphatic hydroxyl groups excluding tert-OH is 1. The van der Waals surface area contributed by atoms with Gasteiger partial charge in [-0.2, -0.15) is 0 Å². The molecule has 2 nitrogen and oxygen atoms in total. The highest BCUT2D eigenvalue weighted by Crippen LogP contribution is 2.31. The highest BCUT2D eigenvalue weighted by molar-refractivity contribution is 8.00. The number of aliphatic hydroxyl groups is 1. The largest absolute Gasteiger partial charge is 0.394 e. The predicted molar refractivity (Wildman–Crippen MR) is 80.1 cm³/mol. The first kappa shape index (κ1) is 17.4. The zero-order valence-electron chi connectivity index (χ0n) is 12.4. The third-order valence-corrected chi connectivity index (χ3v) is 4.08. The van der Waals surface area contributed by atoms with E-state index >= 15 is 0 Å². The van der Waals surface area contributed by atoms with Crippen LogP contribution in [0, 0.1) is 11.6 Å². The van der Waals surface area contributed by atoms with Crippen LogP contribution in [-0.4, -0.2) is 28.5 Å². The molecule has 0 aliphatic rings. The number of rotatable bonds is 7. The smallest absolute Gasteiger partial charge is 0.136 e.